The minimum absolute atomic E-state index is 0.0292. The van der Waals surface area contributed by atoms with Crippen LogP contribution in [-0.2, 0) is 21.4 Å². The van der Waals surface area contributed by atoms with Crippen LogP contribution in [0.3, 0.4) is 0 Å². The number of hydrogen-bond acceptors (Lipinski definition) is 3. The molecule has 0 atom stereocenters. The highest BCUT2D eigenvalue weighted by molar-refractivity contribution is 7.88. The molecule has 0 spiro atoms. The van der Waals surface area contributed by atoms with Crippen molar-refractivity contribution in [3.8, 4) is 0 Å². The highest BCUT2D eigenvalue weighted by Gasteiger charge is 2.27. The van der Waals surface area contributed by atoms with Gasteiger partial charge in [0.15, 0.2) is 0 Å². The number of carbonyl (C=O) groups excluding carboxylic acids is 1. The van der Waals surface area contributed by atoms with Crippen molar-refractivity contribution in [3.63, 3.8) is 0 Å². The Morgan fingerprint density at radius 2 is 1.76 bits per heavy atom. The fourth-order valence-electron chi connectivity index (χ4n) is 3.27. The first kappa shape index (κ1) is 20.2. The standard InChI is InChI=1S/C18H27ClN2O3S/c1-25(23,24)21(17-6-4-2-3-5-7-17)13-12-18(22)20-14-15-8-10-16(19)11-9-15/h8-11,17H,2-7,12-14H2,1H3,(H,20,22). The second kappa shape index (κ2) is 9.55. The highest BCUT2D eigenvalue weighted by atomic mass is 35.5. The van der Waals surface area contributed by atoms with E-state index in [2.05, 4.69) is 5.32 Å². The lowest BCUT2D eigenvalue weighted by molar-refractivity contribution is -0.121. The summed E-state index contributed by atoms with van der Waals surface area (Å²) in [4.78, 5) is 12.1. The van der Waals surface area contributed by atoms with Crippen LogP contribution < -0.4 is 5.32 Å². The Bertz CT molecular complexity index is 653. The maximum atomic E-state index is 12.1. The van der Waals surface area contributed by atoms with Crippen LogP contribution in [0.1, 0.15) is 50.5 Å². The highest BCUT2D eigenvalue weighted by Crippen LogP contribution is 2.23. The van der Waals surface area contributed by atoms with Gasteiger partial charge in [-0.3, -0.25) is 4.79 Å². The van der Waals surface area contributed by atoms with Crippen LogP contribution in [0.25, 0.3) is 0 Å². The zero-order valence-corrected chi connectivity index (χ0v) is 16.3. The average Bonchev–Trinajstić information content (AvgIpc) is 2.82. The van der Waals surface area contributed by atoms with Gasteiger partial charge in [0.25, 0.3) is 0 Å². The summed E-state index contributed by atoms with van der Waals surface area (Å²) in [6, 6.07) is 7.30. The number of amides is 1. The first-order valence-corrected chi connectivity index (χ1v) is 11.1. The monoisotopic (exact) mass is 386 g/mol. The Hall–Kier alpha value is -1.11. The van der Waals surface area contributed by atoms with Crippen molar-refractivity contribution in [1.82, 2.24) is 9.62 Å². The van der Waals surface area contributed by atoms with E-state index in [1.807, 2.05) is 12.1 Å². The van der Waals surface area contributed by atoms with Gasteiger partial charge in [0, 0.05) is 30.6 Å². The van der Waals surface area contributed by atoms with Crippen LogP contribution >= 0.6 is 11.6 Å². The van der Waals surface area contributed by atoms with Crippen LogP contribution in [0.4, 0.5) is 0 Å². The van der Waals surface area contributed by atoms with Crippen LogP contribution in [0, 0.1) is 0 Å². The van der Waals surface area contributed by atoms with E-state index < -0.39 is 10.0 Å². The quantitative estimate of drug-likeness (QED) is 0.731. The molecule has 1 N–H and O–H groups in total. The van der Waals surface area contributed by atoms with Crippen molar-refractivity contribution < 1.29 is 13.2 Å². The van der Waals surface area contributed by atoms with Crippen molar-refractivity contribution in [2.75, 3.05) is 12.8 Å². The molecule has 0 heterocycles. The van der Waals surface area contributed by atoms with Crippen molar-refractivity contribution in [2.24, 2.45) is 0 Å². The van der Waals surface area contributed by atoms with Gasteiger partial charge in [-0.2, -0.15) is 4.31 Å². The van der Waals surface area contributed by atoms with Gasteiger partial charge in [0.05, 0.1) is 6.26 Å². The van der Waals surface area contributed by atoms with Gasteiger partial charge < -0.3 is 5.32 Å². The Morgan fingerprint density at radius 1 is 1.16 bits per heavy atom. The lowest BCUT2D eigenvalue weighted by Crippen LogP contribution is -2.41. The molecule has 0 saturated heterocycles. The molecule has 5 nitrogen and oxygen atoms in total. The largest absolute Gasteiger partial charge is 0.352 e. The van der Waals surface area contributed by atoms with E-state index in [9.17, 15) is 13.2 Å². The Balaban J connectivity index is 1.86. The molecule has 1 saturated carbocycles. The van der Waals surface area contributed by atoms with E-state index in [0.717, 1.165) is 44.1 Å². The third-order valence-corrected chi connectivity index (χ3v) is 6.20. The molecular formula is C18H27ClN2O3S. The van der Waals surface area contributed by atoms with Gasteiger partial charge >= 0.3 is 0 Å². The second-order valence-electron chi connectivity index (χ2n) is 6.67. The molecule has 0 radical (unpaired) electrons. The summed E-state index contributed by atoms with van der Waals surface area (Å²) in [6.07, 6.45) is 7.63. The average molecular weight is 387 g/mol. The van der Waals surface area contributed by atoms with Crippen LogP contribution in [0.15, 0.2) is 24.3 Å². The van der Waals surface area contributed by atoms with Crippen LogP contribution in [-0.4, -0.2) is 37.5 Å². The van der Waals surface area contributed by atoms with E-state index in [-0.39, 0.29) is 24.9 Å². The number of hydrogen-bond donors (Lipinski definition) is 1. The minimum atomic E-state index is -3.31. The molecule has 1 aliphatic carbocycles. The second-order valence-corrected chi connectivity index (χ2v) is 9.04. The van der Waals surface area contributed by atoms with Crippen molar-refractivity contribution in [3.05, 3.63) is 34.9 Å². The van der Waals surface area contributed by atoms with Crippen LogP contribution in [0.2, 0.25) is 5.02 Å². The Kier molecular flexibility index (Phi) is 7.72. The Labute approximate surface area is 155 Å². The molecule has 25 heavy (non-hydrogen) atoms. The summed E-state index contributed by atoms with van der Waals surface area (Å²) >= 11 is 5.84. The molecule has 1 aromatic rings. The fourth-order valence-corrected chi connectivity index (χ4v) is 4.57. The molecular weight excluding hydrogens is 360 g/mol. The lowest BCUT2D eigenvalue weighted by Gasteiger charge is -2.28. The molecule has 140 valence electrons. The molecule has 1 fully saturated rings. The molecule has 1 aliphatic rings. The minimum Gasteiger partial charge on any atom is -0.352 e. The van der Waals surface area contributed by atoms with Gasteiger partial charge in [-0.1, -0.05) is 49.4 Å². The summed E-state index contributed by atoms with van der Waals surface area (Å²) in [5, 5.41) is 3.49. The molecule has 1 aromatic carbocycles. The summed E-state index contributed by atoms with van der Waals surface area (Å²) in [5.74, 6) is -0.141. The Morgan fingerprint density at radius 3 is 2.32 bits per heavy atom. The summed E-state index contributed by atoms with van der Waals surface area (Å²) < 4.78 is 25.8. The van der Waals surface area contributed by atoms with Gasteiger partial charge in [-0.15, -0.1) is 0 Å². The molecule has 0 unspecified atom stereocenters. The van der Waals surface area contributed by atoms with Gasteiger partial charge in [0.2, 0.25) is 15.9 Å². The molecule has 7 heteroatoms. The van der Waals surface area contributed by atoms with Gasteiger partial charge in [-0.05, 0) is 30.5 Å². The predicted molar refractivity (Wildman–Crippen MR) is 101 cm³/mol. The normalized spacial score (nSPS) is 16.6. The number of benzene rings is 1. The van der Waals surface area contributed by atoms with Gasteiger partial charge in [-0.25, -0.2) is 8.42 Å². The molecule has 0 aliphatic heterocycles. The number of rotatable bonds is 7. The zero-order valence-electron chi connectivity index (χ0n) is 14.7. The van der Waals surface area contributed by atoms with E-state index in [1.54, 1.807) is 12.1 Å². The summed E-state index contributed by atoms with van der Waals surface area (Å²) in [6.45, 7) is 0.661. The maximum absolute atomic E-state index is 12.1. The van der Waals surface area contributed by atoms with E-state index in [0.29, 0.717) is 11.6 Å². The summed E-state index contributed by atoms with van der Waals surface area (Å²) in [7, 11) is -3.31. The number of halogens is 1. The maximum Gasteiger partial charge on any atom is 0.221 e. The zero-order chi connectivity index (χ0) is 18.3. The first-order chi connectivity index (χ1) is 11.9. The number of carbonyl (C=O) groups is 1. The molecule has 2 rings (SSSR count). The SMILES string of the molecule is CS(=O)(=O)N(CCC(=O)NCc1ccc(Cl)cc1)C1CCCCCC1. The topological polar surface area (TPSA) is 66.5 Å². The molecule has 0 bridgehead atoms. The van der Waals surface area contributed by atoms with Gasteiger partial charge in [0.1, 0.15) is 0 Å². The van der Waals surface area contributed by atoms with E-state index in [1.165, 1.54) is 10.6 Å². The third kappa shape index (κ3) is 6.96. The third-order valence-electron chi connectivity index (χ3n) is 4.62. The first-order valence-electron chi connectivity index (χ1n) is 8.84. The van der Waals surface area contributed by atoms with Crippen molar-refractivity contribution in [2.45, 2.75) is 57.5 Å². The van der Waals surface area contributed by atoms with E-state index in [4.69, 9.17) is 11.6 Å². The van der Waals surface area contributed by atoms with Crippen molar-refractivity contribution >= 4 is 27.5 Å². The summed E-state index contributed by atoms with van der Waals surface area (Å²) in [5.41, 5.74) is 0.960. The van der Waals surface area contributed by atoms with E-state index >= 15 is 0 Å². The molecule has 0 aromatic heterocycles. The number of nitrogens with zero attached hydrogens (tertiary/aromatic N) is 1. The van der Waals surface area contributed by atoms with Crippen molar-refractivity contribution in [1.29, 1.82) is 0 Å². The fraction of sp³-hybridized carbons (Fsp3) is 0.611. The number of sulfonamides is 1. The predicted octanol–water partition coefficient (Wildman–Crippen LogP) is 3.33. The lowest BCUT2D eigenvalue weighted by atomic mass is 10.1. The molecule has 1 amide bonds. The van der Waals surface area contributed by atoms with Crippen LogP contribution in [0.5, 0.6) is 0 Å². The number of nitrogens with one attached hydrogen (secondary N) is 1. The smallest absolute Gasteiger partial charge is 0.221 e.